The van der Waals surface area contributed by atoms with Crippen molar-refractivity contribution in [3.05, 3.63) is 77.2 Å². The number of carbonyl (C=O) groups is 3. The van der Waals surface area contributed by atoms with E-state index in [0.29, 0.717) is 23.6 Å². The summed E-state index contributed by atoms with van der Waals surface area (Å²) in [6, 6.07) is 14.3. The predicted molar refractivity (Wildman–Crippen MR) is 140 cm³/mol. The number of aromatic nitrogens is 1. The summed E-state index contributed by atoms with van der Waals surface area (Å²) in [5, 5.41) is 21.6. The van der Waals surface area contributed by atoms with Gasteiger partial charge in [-0.3, -0.25) is 9.59 Å². The van der Waals surface area contributed by atoms with Crippen molar-refractivity contribution in [2.45, 2.75) is 52.1 Å². The van der Waals surface area contributed by atoms with E-state index in [0.717, 1.165) is 16.8 Å². The molecule has 196 valence electrons. The summed E-state index contributed by atoms with van der Waals surface area (Å²) in [5.74, 6) is -0.709. The maximum Gasteiger partial charge on any atom is 0.323 e. The van der Waals surface area contributed by atoms with Crippen LogP contribution >= 0.6 is 0 Å². The first-order valence-corrected chi connectivity index (χ1v) is 12.1. The van der Waals surface area contributed by atoms with Gasteiger partial charge in [-0.1, -0.05) is 49.3 Å². The Morgan fingerprint density at radius 2 is 1.76 bits per heavy atom. The van der Waals surface area contributed by atoms with E-state index in [-0.39, 0.29) is 30.7 Å². The smallest absolute Gasteiger partial charge is 0.323 e. The first-order valence-electron chi connectivity index (χ1n) is 12.1. The van der Waals surface area contributed by atoms with Gasteiger partial charge in [-0.2, -0.15) is 0 Å². The molecule has 2 unspecified atom stereocenters. The number of nitrogens with two attached hydrogens (primary N) is 1. The predicted octanol–water partition coefficient (Wildman–Crippen LogP) is 4.03. The van der Waals surface area contributed by atoms with Gasteiger partial charge in [0.25, 0.3) is 0 Å². The molecular formula is C27H33N5O5. The number of nitrogens with zero attached hydrogens (tertiary/aromatic N) is 1. The molecule has 3 aromatic rings. The minimum Gasteiger partial charge on any atom is -0.480 e. The van der Waals surface area contributed by atoms with Gasteiger partial charge in [0, 0.05) is 23.9 Å². The summed E-state index contributed by atoms with van der Waals surface area (Å²) in [6.07, 6.45) is 0.772. The van der Waals surface area contributed by atoms with Crippen molar-refractivity contribution in [1.82, 2.24) is 10.5 Å². The summed E-state index contributed by atoms with van der Waals surface area (Å²) < 4.78 is 5.25. The molecule has 0 fully saturated rings. The highest BCUT2D eigenvalue weighted by Crippen LogP contribution is 2.22. The fourth-order valence-electron chi connectivity index (χ4n) is 3.75. The minimum atomic E-state index is -1.13. The molecule has 0 aliphatic rings. The number of carbonyl (C=O) groups excluding carboxylic acids is 2. The van der Waals surface area contributed by atoms with Gasteiger partial charge in [0.05, 0.1) is 12.5 Å². The first-order chi connectivity index (χ1) is 17.6. The quantitative estimate of drug-likeness (QED) is 0.262. The monoisotopic (exact) mass is 507 g/mol. The molecular weight excluding hydrogens is 474 g/mol. The van der Waals surface area contributed by atoms with Gasteiger partial charge in [-0.25, -0.2) is 4.79 Å². The number of hydrogen-bond donors (Lipinski definition) is 5. The second-order valence-electron chi connectivity index (χ2n) is 9.38. The lowest BCUT2D eigenvalue weighted by Crippen LogP contribution is -2.32. The van der Waals surface area contributed by atoms with Gasteiger partial charge < -0.3 is 31.3 Å². The molecule has 6 N–H and O–H groups in total. The van der Waals surface area contributed by atoms with Crippen LogP contribution in [0, 0.1) is 12.8 Å². The Kier molecular flexibility index (Phi) is 9.39. The molecule has 3 rings (SSSR count). The average molecular weight is 508 g/mol. The SMILES string of the molecule is Cc1ccccc1NC(=O)Nc1ccc(CC(=O)NC(CC(C)C)c2cc(CC(N)C(=O)O)on2)cc1. The van der Waals surface area contributed by atoms with E-state index in [1.54, 1.807) is 30.3 Å². The van der Waals surface area contributed by atoms with Crippen molar-refractivity contribution in [3.63, 3.8) is 0 Å². The second-order valence-corrected chi connectivity index (χ2v) is 9.38. The molecule has 0 aliphatic carbocycles. The van der Waals surface area contributed by atoms with Crippen molar-refractivity contribution in [2.75, 3.05) is 10.6 Å². The molecule has 0 aliphatic heterocycles. The topological polar surface area (TPSA) is 160 Å². The molecule has 2 atom stereocenters. The van der Waals surface area contributed by atoms with Gasteiger partial charge in [0.15, 0.2) is 0 Å². The molecule has 10 nitrogen and oxygen atoms in total. The van der Waals surface area contributed by atoms with E-state index in [9.17, 15) is 14.4 Å². The minimum absolute atomic E-state index is 0.00798. The van der Waals surface area contributed by atoms with Crippen molar-refractivity contribution in [1.29, 1.82) is 0 Å². The normalized spacial score (nSPS) is 12.6. The van der Waals surface area contributed by atoms with Gasteiger partial charge in [-0.15, -0.1) is 0 Å². The third kappa shape index (κ3) is 8.46. The molecule has 10 heteroatoms. The summed E-state index contributed by atoms with van der Waals surface area (Å²) in [4.78, 5) is 36.1. The number of aryl methyl sites for hydroxylation is 1. The van der Waals surface area contributed by atoms with E-state index >= 15 is 0 Å². The van der Waals surface area contributed by atoms with Crippen LogP contribution in [0.3, 0.4) is 0 Å². The van der Waals surface area contributed by atoms with E-state index in [4.69, 9.17) is 15.4 Å². The maximum atomic E-state index is 12.8. The molecule has 0 bridgehead atoms. The Bertz CT molecular complexity index is 1220. The van der Waals surface area contributed by atoms with Crippen LogP contribution in [0.15, 0.2) is 59.1 Å². The molecule has 2 aromatic carbocycles. The molecule has 1 aromatic heterocycles. The third-order valence-electron chi connectivity index (χ3n) is 5.68. The van der Waals surface area contributed by atoms with Crippen LogP contribution < -0.4 is 21.7 Å². The number of anilines is 2. The summed E-state index contributed by atoms with van der Waals surface area (Å²) in [7, 11) is 0. The highest BCUT2D eigenvalue weighted by molar-refractivity contribution is 6.00. The second kappa shape index (κ2) is 12.7. The molecule has 1 heterocycles. The number of carboxylic acids is 1. The highest BCUT2D eigenvalue weighted by atomic mass is 16.5. The number of urea groups is 1. The van der Waals surface area contributed by atoms with Gasteiger partial charge in [-0.05, 0) is 48.6 Å². The average Bonchev–Trinajstić information content (AvgIpc) is 3.29. The van der Waals surface area contributed by atoms with Crippen molar-refractivity contribution in [2.24, 2.45) is 11.7 Å². The first kappa shape index (κ1) is 27.4. The zero-order valence-electron chi connectivity index (χ0n) is 21.2. The van der Waals surface area contributed by atoms with Crippen LogP contribution in [-0.4, -0.2) is 34.2 Å². The molecule has 0 saturated heterocycles. The Morgan fingerprint density at radius 1 is 1.05 bits per heavy atom. The van der Waals surface area contributed by atoms with Gasteiger partial charge in [0.2, 0.25) is 5.91 Å². The lowest BCUT2D eigenvalue weighted by atomic mass is 10.00. The number of carboxylic acid groups (broad SMARTS) is 1. The molecule has 0 saturated carbocycles. The lowest BCUT2D eigenvalue weighted by Gasteiger charge is -2.18. The Morgan fingerprint density at radius 3 is 2.41 bits per heavy atom. The molecule has 37 heavy (non-hydrogen) atoms. The molecule has 3 amide bonds. The fourth-order valence-corrected chi connectivity index (χ4v) is 3.75. The number of benzene rings is 2. The maximum absolute atomic E-state index is 12.8. The Balaban J connectivity index is 1.57. The molecule has 0 radical (unpaired) electrons. The molecule has 0 spiro atoms. The number of rotatable bonds is 11. The van der Waals surface area contributed by atoms with Crippen LogP contribution in [0.25, 0.3) is 0 Å². The van der Waals surface area contributed by atoms with Crippen LogP contribution in [-0.2, 0) is 22.4 Å². The zero-order chi connectivity index (χ0) is 26.9. The van der Waals surface area contributed by atoms with E-state index in [1.165, 1.54) is 0 Å². The number of amides is 3. The third-order valence-corrected chi connectivity index (χ3v) is 5.68. The standard InChI is InChI=1S/C27H33N5O5/c1-16(2)12-23(24-15-20(37-32-24)14-21(28)26(34)35)30-25(33)13-18-8-10-19(11-9-18)29-27(36)31-22-7-5-4-6-17(22)3/h4-11,15-16,21,23H,12-14,28H2,1-3H3,(H,30,33)(H,34,35)(H2,29,31,36). The van der Waals surface area contributed by atoms with Crippen LogP contribution in [0.5, 0.6) is 0 Å². The lowest BCUT2D eigenvalue weighted by molar-refractivity contribution is -0.138. The summed E-state index contributed by atoms with van der Waals surface area (Å²) in [5.41, 5.74) is 9.16. The zero-order valence-corrected chi connectivity index (χ0v) is 21.2. The van der Waals surface area contributed by atoms with Crippen molar-refractivity contribution < 1.29 is 24.0 Å². The number of nitrogens with one attached hydrogen (secondary N) is 3. The van der Waals surface area contributed by atoms with Crippen molar-refractivity contribution >= 4 is 29.3 Å². The fraction of sp³-hybridized carbons (Fsp3) is 0.333. The Hall–Kier alpha value is -4.18. The van der Waals surface area contributed by atoms with Crippen LogP contribution in [0.2, 0.25) is 0 Å². The number of para-hydroxylation sites is 1. The number of hydrogen-bond acceptors (Lipinski definition) is 6. The van der Waals surface area contributed by atoms with E-state index in [1.807, 2.05) is 45.0 Å². The number of aliphatic carboxylic acids is 1. The highest BCUT2D eigenvalue weighted by Gasteiger charge is 2.22. The van der Waals surface area contributed by atoms with Crippen LogP contribution in [0.1, 0.15) is 48.9 Å². The Labute approximate surface area is 215 Å². The summed E-state index contributed by atoms with van der Waals surface area (Å²) >= 11 is 0. The van der Waals surface area contributed by atoms with Gasteiger partial charge in [0.1, 0.15) is 17.5 Å². The van der Waals surface area contributed by atoms with Crippen LogP contribution in [0.4, 0.5) is 16.2 Å². The van der Waals surface area contributed by atoms with E-state index in [2.05, 4.69) is 21.1 Å². The van der Waals surface area contributed by atoms with E-state index < -0.39 is 18.1 Å². The largest absolute Gasteiger partial charge is 0.480 e. The van der Waals surface area contributed by atoms with Gasteiger partial charge >= 0.3 is 12.0 Å². The summed E-state index contributed by atoms with van der Waals surface area (Å²) in [6.45, 7) is 5.97. The van der Waals surface area contributed by atoms with Crippen molar-refractivity contribution in [3.8, 4) is 0 Å².